The first-order valence-electron chi connectivity index (χ1n) is 5.54. The van der Waals surface area contributed by atoms with Gasteiger partial charge in [-0.15, -0.1) is 0 Å². The van der Waals surface area contributed by atoms with Crippen molar-refractivity contribution >= 4 is 0 Å². The lowest BCUT2D eigenvalue weighted by Crippen LogP contribution is -2.36. The number of aryl methyl sites for hydroxylation is 1. The minimum absolute atomic E-state index is 0.0294. The highest BCUT2D eigenvalue weighted by atomic mass is 16.3. The van der Waals surface area contributed by atoms with E-state index in [1.54, 1.807) is 12.1 Å². The summed E-state index contributed by atoms with van der Waals surface area (Å²) in [4.78, 5) is 4.24. The summed E-state index contributed by atoms with van der Waals surface area (Å²) in [6, 6.07) is 3.44. The summed E-state index contributed by atoms with van der Waals surface area (Å²) in [5, 5.41) is 21.9. The number of nitrogens with zero attached hydrogens (tertiary/aromatic N) is 1. The zero-order chi connectivity index (χ0) is 12.1. The van der Waals surface area contributed by atoms with E-state index >= 15 is 0 Å². The maximum atomic E-state index is 9.59. The predicted molar refractivity (Wildman–Crippen MR) is 63.2 cm³/mol. The van der Waals surface area contributed by atoms with E-state index in [4.69, 9.17) is 5.11 Å². The second-order valence-electron chi connectivity index (χ2n) is 4.33. The van der Waals surface area contributed by atoms with E-state index in [0.29, 0.717) is 18.2 Å². The van der Waals surface area contributed by atoms with Crippen LogP contribution in [0.2, 0.25) is 0 Å². The summed E-state index contributed by atoms with van der Waals surface area (Å²) in [5.41, 5.74) is 1.50. The van der Waals surface area contributed by atoms with E-state index in [0.717, 1.165) is 5.69 Å². The van der Waals surface area contributed by atoms with Gasteiger partial charge in [0.05, 0.1) is 12.3 Å². The maximum absolute atomic E-state index is 9.59. The molecular weight excluding hydrogens is 204 g/mol. The molecule has 0 saturated carbocycles. The molecule has 0 radical (unpaired) electrons. The fraction of sp³-hybridized carbons (Fsp3) is 0.583. The summed E-state index contributed by atoms with van der Waals surface area (Å²) in [7, 11) is 0. The summed E-state index contributed by atoms with van der Waals surface area (Å²) in [6.45, 7) is 6.52. The average molecular weight is 224 g/mol. The third kappa shape index (κ3) is 3.47. The molecule has 0 aliphatic heterocycles. The lowest BCUT2D eigenvalue weighted by Gasteiger charge is -2.19. The van der Waals surface area contributed by atoms with Gasteiger partial charge >= 0.3 is 0 Å². The van der Waals surface area contributed by atoms with E-state index in [1.807, 2.05) is 20.8 Å². The van der Waals surface area contributed by atoms with E-state index in [-0.39, 0.29) is 18.4 Å². The quantitative estimate of drug-likeness (QED) is 0.703. The number of hydrogen-bond donors (Lipinski definition) is 3. The van der Waals surface area contributed by atoms with Gasteiger partial charge in [0.2, 0.25) is 0 Å². The SMILES string of the molecule is Cc1ccc(O)c(CNC(CO)C(C)C)n1. The molecule has 1 aromatic heterocycles. The number of pyridine rings is 1. The molecule has 0 saturated heterocycles. The van der Waals surface area contributed by atoms with Gasteiger partial charge in [0.25, 0.3) is 0 Å². The van der Waals surface area contributed by atoms with Gasteiger partial charge in [0.15, 0.2) is 0 Å². The van der Waals surface area contributed by atoms with Crippen molar-refractivity contribution in [1.82, 2.24) is 10.3 Å². The Morgan fingerprint density at radius 1 is 1.38 bits per heavy atom. The minimum Gasteiger partial charge on any atom is -0.506 e. The maximum Gasteiger partial charge on any atom is 0.138 e. The van der Waals surface area contributed by atoms with Gasteiger partial charge in [-0.3, -0.25) is 4.98 Å². The highest BCUT2D eigenvalue weighted by Gasteiger charge is 2.12. The molecule has 0 amide bonds. The lowest BCUT2D eigenvalue weighted by molar-refractivity contribution is 0.209. The van der Waals surface area contributed by atoms with Crippen molar-refractivity contribution in [2.75, 3.05) is 6.61 Å². The Hall–Kier alpha value is -1.13. The molecular formula is C12H20N2O2. The predicted octanol–water partition coefficient (Wildman–Crippen LogP) is 1.20. The number of aromatic hydroxyl groups is 1. The minimum atomic E-state index is 0.0294. The molecule has 1 aromatic rings. The van der Waals surface area contributed by atoms with E-state index in [9.17, 15) is 5.11 Å². The van der Waals surface area contributed by atoms with E-state index in [1.165, 1.54) is 0 Å². The Kier molecular flexibility index (Phi) is 4.71. The van der Waals surface area contributed by atoms with Gasteiger partial charge in [-0.2, -0.15) is 0 Å². The van der Waals surface area contributed by atoms with E-state index in [2.05, 4.69) is 10.3 Å². The third-order valence-electron chi connectivity index (χ3n) is 2.62. The Morgan fingerprint density at radius 2 is 2.06 bits per heavy atom. The molecule has 90 valence electrons. The smallest absolute Gasteiger partial charge is 0.138 e. The fourth-order valence-corrected chi connectivity index (χ4v) is 1.47. The Balaban J connectivity index is 2.63. The van der Waals surface area contributed by atoms with Gasteiger partial charge < -0.3 is 15.5 Å². The standard InChI is InChI=1S/C12H20N2O2/c1-8(2)11(7-15)13-6-10-12(16)5-4-9(3)14-10/h4-5,8,11,13,15-16H,6-7H2,1-3H3. The van der Waals surface area contributed by atoms with Crippen LogP contribution in [0.25, 0.3) is 0 Å². The summed E-state index contributed by atoms with van der Waals surface area (Å²) < 4.78 is 0. The van der Waals surface area contributed by atoms with Crippen molar-refractivity contribution in [1.29, 1.82) is 0 Å². The van der Waals surface area contributed by atoms with Gasteiger partial charge in [0, 0.05) is 18.3 Å². The number of aliphatic hydroxyl groups excluding tert-OH is 1. The number of rotatable bonds is 5. The molecule has 0 spiro atoms. The first-order valence-corrected chi connectivity index (χ1v) is 5.54. The molecule has 0 fully saturated rings. The Labute approximate surface area is 96.3 Å². The zero-order valence-corrected chi connectivity index (χ0v) is 10.1. The molecule has 0 aliphatic carbocycles. The normalized spacial score (nSPS) is 13.1. The van der Waals surface area contributed by atoms with Crippen LogP contribution in [0.4, 0.5) is 0 Å². The van der Waals surface area contributed by atoms with Crippen molar-refractivity contribution in [2.24, 2.45) is 5.92 Å². The van der Waals surface area contributed by atoms with Crippen molar-refractivity contribution < 1.29 is 10.2 Å². The first-order chi connectivity index (χ1) is 7.54. The summed E-state index contributed by atoms with van der Waals surface area (Å²) in [5.74, 6) is 0.537. The van der Waals surface area contributed by atoms with Gasteiger partial charge in [-0.25, -0.2) is 0 Å². The second-order valence-corrected chi connectivity index (χ2v) is 4.33. The second kappa shape index (κ2) is 5.82. The van der Waals surface area contributed by atoms with Crippen molar-refractivity contribution in [3.05, 3.63) is 23.5 Å². The fourth-order valence-electron chi connectivity index (χ4n) is 1.47. The molecule has 1 heterocycles. The first kappa shape index (κ1) is 12.9. The molecule has 4 heteroatoms. The van der Waals surface area contributed by atoms with Crippen molar-refractivity contribution in [3.63, 3.8) is 0 Å². The summed E-state index contributed by atoms with van der Waals surface area (Å²) >= 11 is 0. The molecule has 1 rings (SSSR count). The average Bonchev–Trinajstić information content (AvgIpc) is 2.23. The van der Waals surface area contributed by atoms with Crippen LogP contribution < -0.4 is 5.32 Å². The summed E-state index contributed by atoms with van der Waals surface area (Å²) in [6.07, 6.45) is 0. The third-order valence-corrected chi connectivity index (χ3v) is 2.62. The number of aromatic nitrogens is 1. The van der Waals surface area contributed by atoms with Gasteiger partial charge in [-0.1, -0.05) is 13.8 Å². The molecule has 0 aromatic carbocycles. The van der Waals surface area contributed by atoms with Crippen LogP contribution in [-0.4, -0.2) is 27.8 Å². The largest absolute Gasteiger partial charge is 0.506 e. The number of nitrogens with one attached hydrogen (secondary N) is 1. The molecule has 1 unspecified atom stereocenters. The molecule has 1 atom stereocenters. The monoisotopic (exact) mass is 224 g/mol. The number of hydrogen-bond acceptors (Lipinski definition) is 4. The molecule has 0 bridgehead atoms. The van der Waals surface area contributed by atoms with Crippen LogP contribution in [-0.2, 0) is 6.54 Å². The van der Waals surface area contributed by atoms with Gasteiger partial charge in [0.1, 0.15) is 5.75 Å². The van der Waals surface area contributed by atoms with Crippen LogP contribution in [0, 0.1) is 12.8 Å². The van der Waals surface area contributed by atoms with Crippen LogP contribution in [0.15, 0.2) is 12.1 Å². The highest BCUT2D eigenvalue weighted by Crippen LogP contribution is 2.14. The van der Waals surface area contributed by atoms with Crippen LogP contribution in [0.1, 0.15) is 25.2 Å². The molecule has 4 nitrogen and oxygen atoms in total. The van der Waals surface area contributed by atoms with E-state index < -0.39 is 0 Å². The van der Waals surface area contributed by atoms with Gasteiger partial charge in [-0.05, 0) is 25.0 Å². The topological polar surface area (TPSA) is 65.4 Å². The lowest BCUT2D eigenvalue weighted by atomic mass is 10.1. The highest BCUT2D eigenvalue weighted by molar-refractivity contribution is 5.27. The Bertz CT molecular complexity index is 340. The molecule has 16 heavy (non-hydrogen) atoms. The molecule has 3 N–H and O–H groups in total. The van der Waals surface area contributed by atoms with Crippen LogP contribution in [0.5, 0.6) is 5.75 Å². The van der Waals surface area contributed by atoms with Crippen LogP contribution >= 0.6 is 0 Å². The Morgan fingerprint density at radius 3 is 2.62 bits per heavy atom. The zero-order valence-electron chi connectivity index (χ0n) is 10.1. The van der Waals surface area contributed by atoms with Crippen molar-refractivity contribution in [3.8, 4) is 5.75 Å². The molecule has 0 aliphatic rings. The van der Waals surface area contributed by atoms with Crippen molar-refractivity contribution in [2.45, 2.75) is 33.4 Å². The number of aliphatic hydroxyl groups is 1. The van der Waals surface area contributed by atoms with Crippen LogP contribution in [0.3, 0.4) is 0 Å².